The van der Waals surface area contributed by atoms with Crippen molar-refractivity contribution in [3.8, 4) is 17.4 Å². The van der Waals surface area contributed by atoms with Gasteiger partial charge in [0.2, 0.25) is 11.6 Å². The lowest BCUT2D eigenvalue weighted by Crippen LogP contribution is -2.40. The predicted octanol–water partition coefficient (Wildman–Crippen LogP) is 1.43. The average molecular weight is 333 g/mol. The summed E-state index contributed by atoms with van der Waals surface area (Å²) in [5.74, 6) is 0.106. The van der Waals surface area contributed by atoms with E-state index in [0.29, 0.717) is 23.6 Å². The van der Waals surface area contributed by atoms with Crippen molar-refractivity contribution in [3.05, 3.63) is 30.0 Å². The van der Waals surface area contributed by atoms with Crippen LogP contribution in [0.5, 0.6) is 11.7 Å². The van der Waals surface area contributed by atoms with Crippen LogP contribution in [0, 0.1) is 5.41 Å². The molecule has 0 N–H and O–H groups in total. The third kappa shape index (κ3) is 4.24. The molecule has 0 unspecified atom stereocenters. The van der Waals surface area contributed by atoms with Gasteiger partial charge in [-0.05, 0) is 22.2 Å². The highest BCUT2D eigenvalue weighted by molar-refractivity contribution is 5.76. The Bertz CT molecular complexity index is 702. The van der Waals surface area contributed by atoms with Gasteiger partial charge in [-0.25, -0.2) is 0 Å². The molecule has 2 aromatic rings. The summed E-state index contributed by atoms with van der Waals surface area (Å²) in [6, 6.07) is 7.06. The number of nitrogens with zero attached hydrogens (tertiary/aromatic N) is 3. The van der Waals surface area contributed by atoms with E-state index >= 15 is 0 Å². The van der Waals surface area contributed by atoms with Gasteiger partial charge >= 0.3 is 0 Å². The topological polar surface area (TPSA) is 82.5 Å². The van der Waals surface area contributed by atoms with E-state index in [1.807, 2.05) is 20.8 Å². The summed E-state index contributed by atoms with van der Waals surface area (Å²) in [6.07, 6.45) is 0.394. The lowest BCUT2D eigenvalue weighted by molar-refractivity contribution is -0.678. The van der Waals surface area contributed by atoms with Crippen LogP contribution < -0.4 is 14.5 Å². The molecule has 24 heavy (non-hydrogen) atoms. The number of aromatic nitrogens is 2. The van der Waals surface area contributed by atoms with Gasteiger partial charge in [-0.3, -0.25) is 4.79 Å². The number of carbonyl (C=O) groups excluding carboxylic acids is 1. The van der Waals surface area contributed by atoms with Gasteiger partial charge in [0, 0.05) is 25.6 Å². The van der Waals surface area contributed by atoms with Crippen molar-refractivity contribution < 1.29 is 23.8 Å². The number of methoxy groups -OCH3 is 1. The Balaban J connectivity index is 2.21. The fourth-order valence-electron chi connectivity index (χ4n) is 2.23. The molecule has 2 rings (SSSR count). The normalized spacial score (nSPS) is 11.4. The second-order valence-corrected chi connectivity index (χ2v) is 6.90. The van der Waals surface area contributed by atoms with Gasteiger partial charge in [0.15, 0.2) is 5.95 Å². The van der Waals surface area contributed by atoms with Crippen LogP contribution in [0.25, 0.3) is 5.69 Å². The molecule has 0 bridgehead atoms. The van der Waals surface area contributed by atoms with Crippen molar-refractivity contribution in [2.75, 3.05) is 14.2 Å². The lowest BCUT2D eigenvalue weighted by atomic mass is 9.92. The Morgan fingerprint density at radius 2 is 1.96 bits per heavy atom. The summed E-state index contributed by atoms with van der Waals surface area (Å²) < 4.78 is 11.3. The van der Waals surface area contributed by atoms with E-state index in [1.165, 1.54) is 9.58 Å². The van der Waals surface area contributed by atoms with Gasteiger partial charge in [0.25, 0.3) is 5.69 Å². The van der Waals surface area contributed by atoms with Crippen molar-refractivity contribution in [2.45, 2.75) is 33.7 Å². The zero-order valence-electron chi connectivity index (χ0n) is 14.7. The van der Waals surface area contributed by atoms with Crippen LogP contribution in [0.1, 0.15) is 32.9 Å². The minimum Gasteiger partial charge on any atom is -0.539 e. The molecule has 0 saturated carbocycles. The summed E-state index contributed by atoms with van der Waals surface area (Å²) >= 11 is 0. The predicted molar refractivity (Wildman–Crippen MR) is 84.6 cm³/mol. The first-order chi connectivity index (χ1) is 11.2. The van der Waals surface area contributed by atoms with Crippen LogP contribution in [-0.4, -0.2) is 30.2 Å². The van der Waals surface area contributed by atoms with Gasteiger partial charge in [0.05, 0.1) is 12.4 Å². The minimum atomic E-state index is -0.554. The summed E-state index contributed by atoms with van der Waals surface area (Å²) in [4.78, 5) is 13.8. The monoisotopic (exact) mass is 333 g/mol. The van der Waals surface area contributed by atoms with Crippen molar-refractivity contribution in [1.29, 1.82) is 0 Å². The fourth-order valence-corrected chi connectivity index (χ4v) is 2.23. The Hall–Kier alpha value is -2.57. The fraction of sp³-hybridized carbons (Fsp3) is 0.471. The van der Waals surface area contributed by atoms with E-state index in [4.69, 9.17) is 9.26 Å². The molecular formula is C17H23N3O4. The first-order valence-corrected chi connectivity index (χ1v) is 7.67. The average Bonchev–Trinajstić information content (AvgIpc) is 2.87. The van der Waals surface area contributed by atoms with Crippen LogP contribution >= 0.6 is 0 Å². The number of hydrogen-bond donors (Lipinski definition) is 0. The van der Waals surface area contributed by atoms with E-state index in [-0.39, 0.29) is 17.9 Å². The molecule has 0 atom stereocenters. The minimum absolute atomic E-state index is 0.0376. The largest absolute Gasteiger partial charge is 0.539 e. The molecule has 0 saturated heterocycles. The van der Waals surface area contributed by atoms with Crippen LogP contribution in [0.3, 0.4) is 0 Å². The van der Waals surface area contributed by atoms with E-state index < -0.39 is 5.95 Å². The number of benzene rings is 1. The standard InChI is InChI=1S/C17H23N3O4/c1-17(2,3)10-15(21)19(4)11-14-16(22)24-18-20(14)12-6-8-13(23-5)9-7-12/h6-9H,10-11H2,1-5H3. The summed E-state index contributed by atoms with van der Waals surface area (Å²) in [5.41, 5.74) is 0.838. The van der Waals surface area contributed by atoms with Crippen molar-refractivity contribution in [1.82, 2.24) is 10.2 Å². The first kappa shape index (κ1) is 17.8. The van der Waals surface area contributed by atoms with Gasteiger partial charge in [0.1, 0.15) is 12.3 Å². The quantitative estimate of drug-likeness (QED) is 0.773. The number of hydrogen-bond acceptors (Lipinski definition) is 5. The highest BCUT2D eigenvalue weighted by Gasteiger charge is 2.25. The van der Waals surface area contributed by atoms with E-state index in [9.17, 15) is 9.90 Å². The van der Waals surface area contributed by atoms with Gasteiger partial charge < -0.3 is 19.3 Å². The third-order valence-electron chi connectivity index (χ3n) is 3.51. The van der Waals surface area contributed by atoms with Crippen LogP contribution in [0.2, 0.25) is 0 Å². The maximum atomic E-state index is 12.3. The van der Waals surface area contributed by atoms with Crippen LogP contribution in [-0.2, 0) is 11.3 Å². The number of ether oxygens (including phenoxy) is 1. The first-order valence-electron chi connectivity index (χ1n) is 7.67. The molecule has 0 spiro atoms. The molecule has 0 aliphatic carbocycles. The second-order valence-electron chi connectivity index (χ2n) is 6.90. The molecule has 1 amide bonds. The van der Waals surface area contributed by atoms with Gasteiger partial charge in [-0.15, -0.1) is 0 Å². The van der Waals surface area contributed by atoms with Gasteiger partial charge in [-0.2, -0.15) is 0 Å². The molecule has 0 radical (unpaired) electrons. The zero-order valence-corrected chi connectivity index (χ0v) is 14.7. The molecule has 130 valence electrons. The van der Waals surface area contributed by atoms with Crippen molar-refractivity contribution in [2.24, 2.45) is 5.41 Å². The molecule has 1 aromatic heterocycles. The molecular weight excluding hydrogens is 310 g/mol. The van der Waals surface area contributed by atoms with E-state index in [2.05, 4.69) is 5.27 Å². The van der Waals surface area contributed by atoms with Crippen molar-refractivity contribution >= 4 is 5.91 Å². The molecule has 1 aromatic carbocycles. The number of carbonyl (C=O) groups is 1. The maximum Gasteiger partial charge on any atom is 0.259 e. The van der Waals surface area contributed by atoms with E-state index in [1.54, 1.807) is 38.4 Å². The number of rotatable bonds is 5. The molecule has 0 aliphatic rings. The Morgan fingerprint density at radius 1 is 1.33 bits per heavy atom. The van der Waals surface area contributed by atoms with Crippen LogP contribution in [0.4, 0.5) is 0 Å². The molecule has 0 fully saturated rings. The summed E-state index contributed by atoms with van der Waals surface area (Å²) in [5, 5.41) is 15.7. The van der Waals surface area contributed by atoms with Crippen LogP contribution in [0.15, 0.2) is 28.8 Å². The number of amides is 1. The highest BCUT2D eigenvalue weighted by atomic mass is 16.6. The third-order valence-corrected chi connectivity index (χ3v) is 3.51. The van der Waals surface area contributed by atoms with Gasteiger partial charge in [-0.1, -0.05) is 20.8 Å². The lowest BCUT2D eigenvalue weighted by Gasteiger charge is -2.22. The summed E-state index contributed by atoms with van der Waals surface area (Å²) in [7, 11) is 3.24. The SMILES string of the molecule is COc1ccc(-[n+]2noc([O-])c2CN(C)C(=O)CC(C)(C)C)cc1. The summed E-state index contributed by atoms with van der Waals surface area (Å²) in [6.45, 7) is 6.11. The Labute approximate surface area is 141 Å². The second kappa shape index (κ2) is 6.90. The maximum absolute atomic E-state index is 12.3. The smallest absolute Gasteiger partial charge is 0.259 e. The van der Waals surface area contributed by atoms with E-state index in [0.717, 1.165) is 0 Å². The zero-order chi connectivity index (χ0) is 17.9. The Morgan fingerprint density at radius 3 is 2.50 bits per heavy atom. The molecule has 1 heterocycles. The molecule has 7 heteroatoms. The Kier molecular flexibility index (Phi) is 5.11. The highest BCUT2D eigenvalue weighted by Crippen LogP contribution is 2.21. The molecule has 0 aliphatic heterocycles. The van der Waals surface area contributed by atoms with Crippen molar-refractivity contribution in [3.63, 3.8) is 0 Å². The molecule has 7 nitrogen and oxygen atoms in total.